The number of carbonyl (C=O) groups is 1. The van der Waals surface area contributed by atoms with Crippen molar-refractivity contribution in [3.8, 4) is 11.5 Å². The number of fused-ring (bicyclic) bond motifs is 1. The van der Waals surface area contributed by atoms with E-state index in [1.54, 1.807) is 12.1 Å². The largest absolute Gasteiger partial charge is 0.489 e. The first kappa shape index (κ1) is 16.3. The van der Waals surface area contributed by atoms with Crippen molar-refractivity contribution in [2.45, 2.75) is 31.8 Å². The highest BCUT2D eigenvalue weighted by molar-refractivity contribution is 6.32. The molecule has 0 spiro atoms. The van der Waals surface area contributed by atoms with Gasteiger partial charge in [-0.05, 0) is 30.5 Å². The molecule has 0 aromatic heterocycles. The Bertz CT molecular complexity index is 774. The molecule has 0 unspecified atom stereocenters. The molecule has 0 bridgehead atoms. The first-order valence-corrected chi connectivity index (χ1v) is 9.04. The quantitative estimate of drug-likeness (QED) is 0.818. The van der Waals surface area contributed by atoms with Crippen LogP contribution in [0.15, 0.2) is 42.5 Å². The Balaban J connectivity index is 1.62. The monoisotopic (exact) mass is 357 g/mol. The Morgan fingerprint density at radius 1 is 1.12 bits per heavy atom. The summed E-state index contributed by atoms with van der Waals surface area (Å²) in [5.41, 5.74) is 1.68. The van der Waals surface area contributed by atoms with E-state index in [4.69, 9.17) is 21.1 Å². The van der Waals surface area contributed by atoms with Gasteiger partial charge in [-0.25, -0.2) is 0 Å². The Labute approximate surface area is 152 Å². The summed E-state index contributed by atoms with van der Waals surface area (Å²) in [6.45, 7) is 1.75. The van der Waals surface area contributed by atoms with Crippen molar-refractivity contribution < 1.29 is 14.3 Å². The van der Waals surface area contributed by atoms with Gasteiger partial charge < -0.3 is 14.4 Å². The van der Waals surface area contributed by atoms with Gasteiger partial charge in [-0.3, -0.25) is 4.79 Å². The van der Waals surface area contributed by atoms with Gasteiger partial charge in [-0.1, -0.05) is 41.9 Å². The fourth-order valence-electron chi connectivity index (χ4n) is 3.05. The van der Waals surface area contributed by atoms with Gasteiger partial charge in [0.1, 0.15) is 0 Å². The molecule has 25 heavy (non-hydrogen) atoms. The van der Waals surface area contributed by atoms with Crippen LogP contribution in [-0.2, 0) is 6.54 Å². The van der Waals surface area contributed by atoms with Gasteiger partial charge in [-0.15, -0.1) is 0 Å². The first-order chi connectivity index (χ1) is 12.2. The van der Waals surface area contributed by atoms with E-state index >= 15 is 0 Å². The SMILES string of the molecule is O=C(c1cc(Cl)c2c(c1)OCCCO2)N(Cc1ccccc1)C1CC1. The number of nitrogens with zero attached hydrogens (tertiary/aromatic N) is 1. The maximum atomic E-state index is 13.1. The number of hydrogen-bond acceptors (Lipinski definition) is 3. The standard InChI is InChI=1S/C20H20ClNO3/c21-17-11-15(12-18-19(17)25-10-4-9-24-18)20(23)22(16-7-8-16)13-14-5-2-1-3-6-14/h1-3,5-6,11-12,16H,4,7-10,13H2. The van der Waals surface area contributed by atoms with Gasteiger partial charge >= 0.3 is 0 Å². The molecule has 1 aliphatic heterocycles. The second-order valence-corrected chi connectivity index (χ2v) is 6.89. The van der Waals surface area contributed by atoms with Crippen LogP contribution in [0.4, 0.5) is 0 Å². The molecule has 0 radical (unpaired) electrons. The lowest BCUT2D eigenvalue weighted by Gasteiger charge is -2.23. The summed E-state index contributed by atoms with van der Waals surface area (Å²) in [7, 11) is 0. The minimum Gasteiger partial charge on any atom is -0.489 e. The van der Waals surface area contributed by atoms with Crippen LogP contribution in [0, 0.1) is 0 Å². The minimum atomic E-state index is -0.0103. The predicted molar refractivity (Wildman–Crippen MR) is 96.4 cm³/mol. The molecule has 1 amide bonds. The molecule has 4 nitrogen and oxygen atoms in total. The second-order valence-electron chi connectivity index (χ2n) is 6.49. The molecular formula is C20H20ClNO3. The van der Waals surface area contributed by atoms with Crippen molar-refractivity contribution in [2.24, 2.45) is 0 Å². The lowest BCUT2D eigenvalue weighted by Crippen LogP contribution is -2.32. The number of carbonyl (C=O) groups excluding carboxylic acids is 1. The molecule has 0 atom stereocenters. The average Bonchev–Trinajstić information content (AvgIpc) is 3.47. The molecule has 2 aromatic carbocycles. The zero-order valence-electron chi connectivity index (χ0n) is 13.9. The topological polar surface area (TPSA) is 38.8 Å². The van der Waals surface area contributed by atoms with Crippen molar-refractivity contribution >= 4 is 17.5 Å². The Kier molecular flexibility index (Phi) is 4.53. The zero-order valence-corrected chi connectivity index (χ0v) is 14.7. The van der Waals surface area contributed by atoms with E-state index in [9.17, 15) is 4.79 Å². The van der Waals surface area contributed by atoms with Gasteiger partial charge in [0.05, 0.1) is 18.2 Å². The highest BCUT2D eigenvalue weighted by Gasteiger charge is 2.33. The number of ether oxygens (including phenoxy) is 2. The van der Waals surface area contributed by atoms with Crippen LogP contribution < -0.4 is 9.47 Å². The van der Waals surface area contributed by atoms with Gasteiger partial charge in [0.25, 0.3) is 5.91 Å². The third-order valence-corrected chi connectivity index (χ3v) is 4.77. The van der Waals surface area contributed by atoms with Gasteiger partial charge in [0.2, 0.25) is 0 Å². The van der Waals surface area contributed by atoms with Gasteiger partial charge in [-0.2, -0.15) is 0 Å². The summed E-state index contributed by atoms with van der Waals surface area (Å²) in [6, 6.07) is 13.8. The summed E-state index contributed by atoms with van der Waals surface area (Å²) in [6.07, 6.45) is 2.91. The maximum absolute atomic E-state index is 13.1. The van der Waals surface area contributed by atoms with Gasteiger partial charge in [0.15, 0.2) is 11.5 Å². The fraction of sp³-hybridized carbons (Fsp3) is 0.350. The van der Waals surface area contributed by atoms with Crippen LogP contribution in [0.3, 0.4) is 0 Å². The van der Waals surface area contributed by atoms with E-state index in [1.165, 1.54) is 0 Å². The molecule has 1 aliphatic carbocycles. The van der Waals surface area contributed by atoms with E-state index in [0.717, 1.165) is 24.8 Å². The zero-order chi connectivity index (χ0) is 17.2. The smallest absolute Gasteiger partial charge is 0.254 e. The summed E-state index contributed by atoms with van der Waals surface area (Å²) < 4.78 is 11.4. The number of halogens is 1. The molecule has 0 N–H and O–H groups in total. The number of benzene rings is 2. The summed E-state index contributed by atoms with van der Waals surface area (Å²) in [4.78, 5) is 15.1. The van der Waals surface area contributed by atoms with Crippen LogP contribution in [0.25, 0.3) is 0 Å². The lowest BCUT2D eigenvalue weighted by atomic mass is 10.1. The van der Waals surface area contributed by atoms with Crippen molar-refractivity contribution in [1.29, 1.82) is 0 Å². The van der Waals surface area contributed by atoms with Crippen molar-refractivity contribution in [3.63, 3.8) is 0 Å². The third-order valence-electron chi connectivity index (χ3n) is 4.49. The summed E-state index contributed by atoms with van der Waals surface area (Å²) in [5, 5.41) is 0.429. The van der Waals surface area contributed by atoms with Crippen molar-refractivity contribution in [3.05, 3.63) is 58.6 Å². The highest BCUT2D eigenvalue weighted by Crippen LogP contribution is 2.39. The number of hydrogen-bond donors (Lipinski definition) is 0. The van der Waals surface area contributed by atoms with E-state index in [1.807, 2.05) is 35.2 Å². The molecule has 0 saturated heterocycles. The van der Waals surface area contributed by atoms with Crippen molar-refractivity contribution in [1.82, 2.24) is 4.90 Å². The minimum absolute atomic E-state index is 0.0103. The van der Waals surface area contributed by atoms with E-state index in [-0.39, 0.29) is 5.91 Å². The van der Waals surface area contributed by atoms with Gasteiger partial charge in [0, 0.05) is 24.6 Å². The number of amides is 1. The van der Waals surface area contributed by atoms with Crippen LogP contribution in [0.2, 0.25) is 5.02 Å². The average molecular weight is 358 g/mol. The molecule has 1 fully saturated rings. The third kappa shape index (κ3) is 3.59. The molecule has 1 heterocycles. The van der Waals surface area contributed by atoms with Crippen LogP contribution in [0.5, 0.6) is 11.5 Å². The molecule has 130 valence electrons. The molecule has 4 rings (SSSR count). The summed E-state index contributed by atoms with van der Waals surface area (Å²) in [5.74, 6) is 1.09. The molecule has 1 saturated carbocycles. The Morgan fingerprint density at radius 3 is 2.64 bits per heavy atom. The maximum Gasteiger partial charge on any atom is 0.254 e. The molecule has 5 heteroatoms. The predicted octanol–water partition coefficient (Wildman–Crippen LogP) is 4.31. The van der Waals surface area contributed by atoms with E-state index in [2.05, 4.69) is 0 Å². The van der Waals surface area contributed by atoms with Crippen molar-refractivity contribution in [2.75, 3.05) is 13.2 Å². The Morgan fingerprint density at radius 2 is 1.88 bits per heavy atom. The first-order valence-electron chi connectivity index (χ1n) is 8.66. The molecule has 2 aliphatic rings. The molecule has 2 aromatic rings. The molecular weight excluding hydrogens is 338 g/mol. The van der Waals surface area contributed by atoms with Crippen LogP contribution >= 0.6 is 11.6 Å². The highest BCUT2D eigenvalue weighted by atomic mass is 35.5. The number of rotatable bonds is 4. The van der Waals surface area contributed by atoms with Crippen LogP contribution in [-0.4, -0.2) is 30.1 Å². The second kappa shape index (κ2) is 6.96. The Hall–Kier alpha value is -2.20. The lowest BCUT2D eigenvalue weighted by molar-refractivity contribution is 0.0729. The summed E-state index contributed by atoms with van der Waals surface area (Å²) >= 11 is 6.35. The van der Waals surface area contributed by atoms with E-state index < -0.39 is 0 Å². The van der Waals surface area contributed by atoms with Crippen LogP contribution in [0.1, 0.15) is 35.2 Å². The normalized spacial score (nSPS) is 16.2. The fourth-order valence-corrected chi connectivity index (χ4v) is 3.32. The van der Waals surface area contributed by atoms with E-state index in [0.29, 0.717) is 47.9 Å².